The second-order valence-corrected chi connectivity index (χ2v) is 40.0. The number of hydrogen-bond acceptors (Lipinski definition) is 20. The molecule has 784 valence electrons. The number of nitrogens with zero attached hydrogens (tertiary/aromatic N) is 5. The minimum atomic E-state index is -1.88. The van der Waals surface area contributed by atoms with E-state index in [1.807, 2.05) is 42.9 Å². The van der Waals surface area contributed by atoms with Crippen LogP contribution in [0.1, 0.15) is 253 Å². The summed E-state index contributed by atoms with van der Waals surface area (Å²) in [6, 6.07) is 13.9. The standard InChI is InChI=1S/C107H153FN14O21/c1-73-99(132)113-86(45-42-82(124)32-22-21-27-58-122(4,5)70-83(125)71-142-61-60-141-59-53-109-92(126)33-23-17-15-13-11-9-7-8-10-12-14-16-18-24-34-96(130)131)100(133)114-87-64-78-30-28-31-79(62-78)67-111-94(128)72-143-91-50-57-120-98(91)103(136)117-97(74(2)123)102(135)116-88(63-76-39-43-84(140-6)44-40-76)105(138)121-56-29-51-107(121,3)106(139)110-52-49-75-35-37-77(38-36-75)68-119(95(129)48-47-93(127)112-73)55-26-20-19-25-54-118-69-80(65-89(104(120)137)115-101(87)134)85-66-81(108)41-46-90(85)118/h28,30-31,35-41,43-44,46,62,66,69,73-74,86-89,91,97-98,123H,7-27,29,32-34,42,45,47-61,63-65,67-68,70-72H2,1-6H3,(H9-,109,110,111,112,113,114,115,116,117,126,127,128,130,131,132,133,134,135,136,139)/p+1/t73-,74+,86+,87-,88-,89-,91-,97-,98-,107-/m0/s1. The lowest BCUT2D eigenvalue weighted by Crippen LogP contribution is -2.64. The van der Waals surface area contributed by atoms with Crippen LogP contribution in [0.5, 0.6) is 5.75 Å². The molecule has 7 heterocycles. The number of carboxylic acids is 1. The van der Waals surface area contributed by atoms with Crippen LogP contribution in [0.25, 0.3) is 10.9 Å². The molecule has 12 amide bonds. The van der Waals surface area contributed by atoms with Crippen molar-refractivity contribution in [2.24, 2.45) is 0 Å². The lowest BCUT2D eigenvalue weighted by Gasteiger charge is -2.37. The Hall–Kier alpha value is -11.6. The van der Waals surface area contributed by atoms with Gasteiger partial charge in [-0.2, -0.15) is 0 Å². The molecule has 0 radical (unpaired) electrons. The van der Waals surface area contributed by atoms with Crippen LogP contribution in [0, 0.1) is 5.82 Å². The minimum absolute atomic E-state index is 0.0120. The molecule has 6 aliphatic heterocycles. The summed E-state index contributed by atoms with van der Waals surface area (Å²) < 4.78 is 41.3. The summed E-state index contributed by atoms with van der Waals surface area (Å²) in [7, 11) is 5.34. The highest BCUT2D eigenvalue weighted by Crippen LogP contribution is 2.33. The van der Waals surface area contributed by atoms with E-state index in [-0.39, 0.29) is 153 Å². The Labute approximate surface area is 839 Å². The molecule has 4 aromatic carbocycles. The molecule has 2 saturated heterocycles. The van der Waals surface area contributed by atoms with Crippen LogP contribution in [0.2, 0.25) is 0 Å². The Bertz CT molecular complexity index is 5070. The average molecular weight is 1990 g/mol. The maximum atomic E-state index is 16.4. The number of aliphatic carboxylic acids is 1. The van der Waals surface area contributed by atoms with Crippen LogP contribution in [0.4, 0.5) is 4.39 Å². The lowest BCUT2D eigenvalue weighted by molar-refractivity contribution is -0.882. The van der Waals surface area contributed by atoms with Crippen LogP contribution in [0.15, 0.2) is 97.2 Å². The summed E-state index contributed by atoms with van der Waals surface area (Å²) in [6.07, 6.45) is 18.0. The first-order valence-corrected chi connectivity index (χ1v) is 51.8. The number of aromatic nitrogens is 1. The van der Waals surface area contributed by atoms with E-state index >= 15 is 33.2 Å². The third-order valence-corrected chi connectivity index (χ3v) is 27.8. The van der Waals surface area contributed by atoms with Crippen LogP contribution in [-0.2, 0) is 131 Å². The molecule has 1 aromatic heterocycles. The first-order valence-electron chi connectivity index (χ1n) is 51.8. The second kappa shape index (κ2) is 58.4. The summed E-state index contributed by atoms with van der Waals surface area (Å²) in [5, 5.41) is 46.3. The zero-order valence-corrected chi connectivity index (χ0v) is 84.6. The van der Waals surface area contributed by atoms with E-state index in [0.29, 0.717) is 134 Å². The number of carbonyl (C=O) groups is 15. The lowest BCUT2D eigenvalue weighted by atomic mass is 9.95. The number of methoxy groups -OCH3 is 1. The zero-order valence-electron chi connectivity index (χ0n) is 84.6. The SMILES string of the molecule is COc1ccc(C[C@@H]2NC(=O)[C@H]([C@@H](C)O)NC(=O)[C@@H]3[C@@H]4CCN3C(=O)[C@@H]3Cc5cn(c6ccc(F)cc56)CCCCCCN(Cc5ccc(cc5)CCNC(=O)[C@]5(C)CCCN5C2=O)C(=O)CCC(=O)N[C@@H](C)C(=O)N[C@H](CCC(=O)CCCCC[N+](C)(C)CC(=O)COCCOCCNC(=O)CCCCCCCCCCCCCCCCC(=O)O)C(=O)N[C@@H](Cc2cccc(c2)CNC(=O)CO4)C(=O)N3)cc1. The Kier molecular flexibility index (Phi) is 46.3. The number of aliphatic hydroxyl groups excluding tert-OH is 1. The van der Waals surface area contributed by atoms with Gasteiger partial charge in [-0.25, -0.2) is 4.39 Å². The fraction of sp³-hybridized carbons (Fsp3) is 0.617. The van der Waals surface area contributed by atoms with Gasteiger partial charge in [-0.1, -0.05) is 151 Å². The van der Waals surface area contributed by atoms with Crippen molar-refractivity contribution in [3.05, 3.63) is 136 Å². The van der Waals surface area contributed by atoms with Crippen molar-refractivity contribution >= 4 is 99.3 Å². The number of quaternary nitrogens is 1. The van der Waals surface area contributed by atoms with Gasteiger partial charge in [0, 0.05) is 127 Å². The molecule has 2 fully saturated rings. The summed E-state index contributed by atoms with van der Waals surface area (Å²) >= 11 is 0. The number of benzene rings is 4. The van der Waals surface area contributed by atoms with Gasteiger partial charge in [0.2, 0.25) is 76.7 Å². The van der Waals surface area contributed by atoms with Crippen molar-refractivity contribution in [1.82, 2.24) is 67.1 Å². The molecule has 0 unspecified atom stereocenters. The Balaban J connectivity index is 0.857. The molecule has 143 heavy (non-hydrogen) atoms. The number of amides is 12. The molecule has 5 aromatic rings. The van der Waals surface area contributed by atoms with E-state index < -0.39 is 144 Å². The third-order valence-electron chi connectivity index (χ3n) is 27.8. The van der Waals surface area contributed by atoms with Crippen LogP contribution in [-0.4, -0.2) is 282 Å². The van der Waals surface area contributed by atoms with Gasteiger partial charge in [-0.3, -0.25) is 71.9 Å². The number of ketones is 2. The average Bonchev–Trinajstić information content (AvgIpc) is 1.40. The summed E-state index contributed by atoms with van der Waals surface area (Å²) in [6.45, 7) is 6.09. The number of unbranched alkanes of at least 4 members (excludes halogenated alkanes) is 15. The molecule has 10 atom stereocenters. The van der Waals surface area contributed by atoms with Gasteiger partial charge in [0.1, 0.15) is 84.9 Å². The highest BCUT2D eigenvalue weighted by Gasteiger charge is 2.50. The van der Waals surface area contributed by atoms with E-state index in [4.69, 9.17) is 24.1 Å². The largest absolute Gasteiger partial charge is 0.497 e. The van der Waals surface area contributed by atoms with Gasteiger partial charge in [-0.15, -0.1) is 0 Å². The van der Waals surface area contributed by atoms with Gasteiger partial charge in [-0.05, 0) is 162 Å². The molecule has 11 rings (SSSR count). The van der Waals surface area contributed by atoms with Gasteiger partial charge >= 0.3 is 5.97 Å². The van der Waals surface area contributed by atoms with Crippen molar-refractivity contribution in [2.75, 3.05) is 100 Å². The number of ether oxygens (including phenoxy) is 4. The normalized spacial score (nSPS) is 22.0. The third kappa shape index (κ3) is 37.2. The van der Waals surface area contributed by atoms with Gasteiger partial charge in [0.15, 0.2) is 0 Å². The number of aryl methyl sites for hydroxylation is 1. The molecule has 11 N–H and O–H groups in total. The predicted molar refractivity (Wildman–Crippen MR) is 534 cm³/mol. The molecule has 36 heteroatoms. The smallest absolute Gasteiger partial charge is 0.303 e. The van der Waals surface area contributed by atoms with E-state index in [1.54, 1.807) is 72.6 Å². The molecular weight excluding hydrogens is 1840 g/mol. The molecule has 35 nitrogen and oxygen atoms in total. The monoisotopic (exact) mass is 1990 g/mol. The van der Waals surface area contributed by atoms with Crippen molar-refractivity contribution < 1.29 is 110 Å². The fourth-order valence-corrected chi connectivity index (χ4v) is 19.5. The van der Waals surface area contributed by atoms with Gasteiger partial charge in [0.05, 0.1) is 59.8 Å². The fourth-order valence-electron chi connectivity index (χ4n) is 19.5. The predicted octanol–water partition coefficient (Wildman–Crippen LogP) is 8.21. The first-order chi connectivity index (χ1) is 68.7. The van der Waals surface area contributed by atoms with Crippen molar-refractivity contribution in [3.8, 4) is 5.75 Å². The number of rotatable bonds is 40. The molecule has 0 aliphatic carbocycles. The van der Waals surface area contributed by atoms with Crippen molar-refractivity contribution in [2.45, 2.75) is 325 Å². The van der Waals surface area contributed by atoms with E-state index in [2.05, 4.69) is 47.9 Å². The minimum Gasteiger partial charge on any atom is -0.497 e. The second-order valence-electron chi connectivity index (χ2n) is 40.0. The maximum Gasteiger partial charge on any atom is 0.303 e. The highest BCUT2D eigenvalue weighted by molar-refractivity contribution is 6.00. The number of carbonyl (C=O) groups excluding carboxylic acids is 14. The maximum absolute atomic E-state index is 16.4. The number of hydrogen-bond donors (Lipinski definition) is 11. The van der Waals surface area contributed by atoms with Crippen LogP contribution >= 0.6 is 0 Å². The highest BCUT2D eigenvalue weighted by atomic mass is 19.1. The number of likely N-dealkylation sites (N-methyl/N-ethyl adjacent to an activating group) is 1. The summed E-state index contributed by atoms with van der Waals surface area (Å²) in [4.78, 5) is 221. The summed E-state index contributed by atoms with van der Waals surface area (Å²) in [5.74, 6) is -9.82. The number of aliphatic hydroxyl groups is 1. The Morgan fingerprint density at radius 3 is 1.96 bits per heavy atom. The van der Waals surface area contributed by atoms with Gasteiger partial charge < -0.3 is 101 Å². The molecule has 0 spiro atoms. The van der Waals surface area contributed by atoms with Crippen molar-refractivity contribution in [1.29, 1.82) is 0 Å². The van der Waals surface area contributed by atoms with Crippen molar-refractivity contribution in [3.63, 3.8) is 0 Å². The van der Waals surface area contributed by atoms with E-state index in [9.17, 15) is 48.3 Å². The molecule has 0 saturated carbocycles. The number of carboxylic acid groups (broad SMARTS) is 1. The number of nitrogens with one attached hydrogen (secondary N) is 9. The first kappa shape index (κ1) is 113. The van der Waals surface area contributed by atoms with E-state index in [0.717, 1.165) is 54.6 Å². The molecule has 12 bridgehead atoms. The number of Topliss-reactive ketones (excluding diaryl/α,β-unsaturated/α-hetero) is 2. The Morgan fingerprint density at radius 2 is 1.25 bits per heavy atom. The topological polar surface area (TPSA) is 456 Å². The van der Waals surface area contributed by atoms with E-state index in [1.165, 1.54) is 89.4 Å². The molecular formula is C107H154FN14O21+. The van der Waals surface area contributed by atoms with Gasteiger partial charge in [0.25, 0.3) is 0 Å². The zero-order chi connectivity index (χ0) is 103. The van der Waals surface area contributed by atoms with Crippen LogP contribution < -0.4 is 52.6 Å². The molecule has 6 aliphatic rings. The quantitative estimate of drug-likeness (QED) is 0.0130. The summed E-state index contributed by atoms with van der Waals surface area (Å²) in [5.41, 5.74) is 2.64. The number of halogens is 1. The Morgan fingerprint density at radius 1 is 0.594 bits per heavy atom. The number of fused-ring (bicyclic) bond motifs is 16. The van der Waals surface area contributed by atoms with Crippen LogP contribution in [0.3, 0.4) is 0 Å².